The fourth-order valence-electron chi connectivity index (χ4n) is 2.69. The molecule has 0 aromatic carbocycles. The lowest BCUT2D eigenvalue weighted by Gasteiger charge is -2.24. The third-order valence-electron chi connectivity index (χ3n) is 3.84. The summed E-state index contributed by atoms with van der Waals surface area (Å²) in [4.78, 5) is 17.8. The quantitative estimate of drug-likeness (QED) is 0.878. The Morgan fingerprint density at radius 1 is 1.50 bits per heavy atom. The third-order valence-corrected chi connectivity index (χ3v) is 5.06. The summed E-state index contributed by atoms with van der Waals surface area (Å²) in [5.74, 6) is 0.0516. The van der Waals surface area contributed by atoms with E-state index in [1.807, 2.05) is 6.92 Å². The monoisotopic (exact) mass is 296 g/mol. The van der Waals surface area contributed by atoms with Gasteiger partial charge in [-0.3, -0.25) is 4.79 Å². The fraction of sp³-hybridized carbons (Fsp3) is 0.733. The molecule has 1 amide bonds. The third kappa shape index (κ3) is 4.03. The Morgan fingerprint density at radius 3 is 3.00 bits per heavy atom. The molecule has 1 aromatic rings. The molecule has 112 valence electrons. The highest BCUT2D eigenvalue weighted by molar-refractivity contribution is 7.11. The average molecular weight is 296 g/mol. The summed E-state index contributed by atoms with van der Waals surface area (Å²) in [5, 5.41) is 13.8. The summed E-state index contributed by atoms with van der Waals surface area (Å²) in [6, 6.07) is 0. The van der Waals surface area contributed by atoms with Crippen LogP contribution in [0.5, 0.6) is 0 Å². The number of hydrogen-bond acceptors (Lipinski definition) is 4. The van der Waals surface area contributed by atoms with Crippen molar-refractivity contribution >= 4 is 17.2 Å². The van der Waals surface area contributed by atoms with Gasteiger partial charge in [0.15, 0.2) is 0 Å². The van der Waals surface area contributed by atoms with Crippen molar-refractivity contribution in [1.82, 2.24) is 10.3 Å². The van der Waals surface area contributed by atoms with Gasteiger partial charge in [0.25, 0.3) is 0 Å². The highest BCUT2D eigenvalue weighted by Crippen LogP contribution is 2.25. The van der Waals surface area contributed by atoms with E-state index < -0.39 is 0 Å². The zero-order chi connectivity index (χ0) is 14.5. The number of rotatable bonds is 5. The molecular weight excluding hydrogens is 272 g/mol. The van der Waals surface area contributed by atoms with E-state index in [-0.39, 0.29) is 17.9 Å². The van der Waals surface area contributed by atoms with E-state index in [1.165, 1.54) is 0 Å². The Kier molecular flexibility index (Phi) is 5.54. The minimum absolute atomic E-state index is 0.0258. The van der Waals surface area contributed by atoms with Crippen molar-refractivity contribution < 1.29 is 9.90 Å². The zero-order valence-corrected chi connectivity index (χ0v) is 13.1. The van der Waals surface area contributed by atoms with E-state index in [9.17, 15) is 9.90 Å². The molecule has 0 radical (unpaired) electrons. The van der Waals surface area contributed by atoms with E-state index >= 15 is 0 Å². The van der Waals surface area contributed by atoms with Gasteiger partial charge in [-0.2, -0.15) is 0 Å². The number of nitrogens with zero attached hydrogens (tertiary/aromatic N) is 1. The predicted octanol–water partition coefficient (Wildman–Crippen LogP) is 2.57. The molecule has 1 saturated carbocycles. The van der Waals surface area contributed by atoms with Crippen LogP contribution in [-0.2, 0) is 17.8 Å². The number of aliphatic hydroxyl groups excluding tert-OH is 1. The first-order valence-electron chi connectivity index (χ1n) is 7.51. The lowest BCUT2D eigenvalue weighted by molar-refractivity contribution is -0.127. The highest BCUT2D eigenvalue weighted by Gasteiger charge is 2.26. The smallest absolute Gasteiger partial charge is 0.223 e. The van der Waals surface area contributed by atoms with Crippen LogP contribution in [0, 0.1) is 12.8 Å². The van der Waals surface area contributed by atoms with Crippen LogP contribution in [0.1, 0.15) is 54.6 Å². The molecule has 0 unspecified atom stereocenters. The predicted molar refractivity (Wildman–Crippen MR) is 80.7 cm³/mol. The van der Waals surface area contributed by atoms with Gasteiger partial charge in [0, 0.05) is 10.8 Å². The first-order chi connectivity index (χ1) is 9.60. The molecule has 2 N–H and O–H groups in total. The number of thiazole rings is 1. The van der Waals surface area contributed by atoms with E-state index in [4.69, 9.17) is 0 Å². The number of carbonyl (C=O) groups is 1. The molecule has 0 saturated heterocycles. The van der Waals surface area contributed by atoms with Gasteiger partial charge >= 0.3 is 0 Å². The van der Waals surface area contributed by atoms with Crippen molar-refractivity contribution in [3.63, 3.8) is 0 Å². The summed E-state index contributed by atoms with van der Waals surface area (Å²) in [6.07, 6.45) is 5.07. The van der Waals surface area contributed by atoms with Gasteiger partial charge in [-0.1, -0.05) is 13.3 Å². The lowest BCUT2D eigenvalue weighted by atomic mass is 9.87. The maximum atomic E-state index is 12.1. The van der Waals surface area contributed by atoms with Gasteiger partial charge in [-0.25, -0.2) is 4.98 Å². The summed E-state index contributed by atoms with van der Waals surface area (Å²) < 4.78 is 0. The van der Waals surface area contributed by atoms with Gasteiger partial charge < -0.3 is 10.4 Å². The number of nitrogens with one attached hydrogen (secondary N) is 1. The van der Waals surface area contributed by atoms with Crippen LogP contribution < -0.4 is 5.32 Å². The Balaban J connectivity index is 1.86. The molecule has 1 aliphatic carbocycles. The Labute approximate surface area is 124 Å². The topological polar surface area (TPSA) is 62.2 Å². The number of aliphatic hydroxyl groups is 1. The second-order valence-corrected chi connectivity index (χ2v) is 6.77. The molecular formula is C15H24N2O2S. The van der Waals surface area contributed by atoms with Crippen LogP contribution in [0.25, 0.3) is 0 Å². The van der Waals surface area contributed by atoms with Crippen molar-refractivity contribution in [3.05, 3.63) is 15.6 Å². The highest BCUT2D eigenvalue weighted by atomic mass is 32.1. The largest absolute Gasteiger partial charge is 0.393 e. The summed E-state index contributed by atoms with van der Waals surface area (Å²) in [7, 11) is 0. The molecule has 0 bridgehead atoms. The van der Waals surface area contributed by atoms with Crippen molar-refractivity contribution in [2.75, 3.05) is 0 Å². The minimum Gasteiger partial charge on any atom is -0.393 e. The van der Waals surface area contributed by atoms with Crippen molar-refractivity contribution in [2.45, 2.75) is 65.0 Å². The van der Waals surface area contributed by atoms with Crippen molar-refractivity contribution in [3.8, 4) is 0 Å². The normalized spacial score (nSPS) is 22.8. The maximum Gasteiger partial charge on any atom is 0.223 e. The average Bonchev–Trinajstić information content (AvgIpc) is 2.77. The molecule has 0 aliphatic heterocycles. The number of carbonyl (C=O) groups excluding carboxylic acids is 1. The molecule has 20 heavy (non-hydrogen) atoms. The van der Waals surface area contributed by atoms with E-state index in [1.54, 1.807) is 11.3 Å². The molecule has 4 nitrogen and oxygen atoms in total. The van der Waals surface area contributed by atoms with Gasteiger partial charge in [-0.15, -0.1) is 11.3 Å². The molecule has 1 aliphatic rings. The SMILES string of the molecule is CCCc1nc(C)c(CNC(=O)[C@@H]2CCC[C@@H](O)C2)s1. The Hall–Kier alpha value is -0.940. The standard InChI is InChI=1S/C15H24N2O2S/c1-3-5-14-17-10(2)13(20-14)9-16-15(19)11-6-4-7-12(18)8-11/h11-12,18H,3-9H2,1-2H3,(H,16,19)/t11-,12-/m1/s1. The zero-order valence-electron chi connectivity index (χ0n) is 12.3. The Bertz CT molecular complexity index is 459. The summed E-state index contributed by atoms with van der Waals surface area (Å²) in [5.41, 5.74) is 1.03. The molecule has 1 heterocycles. The van der Waals surface area contributed by atoms with Gasteiger partial charge in [-0.05, 0) is 39.0 Å². The van der Waals surface area contributed by atoms with Crippen LogP contribution in [0.4, 0.5) is 0 Å². The van der Waals surface area contributed by atoms with Crippen LogP contribution in [0.15, 0.2) is 0 Å². The number of hydrogen-bond donors (Lipinski definition) is 2. The van der Waals surface area contributed by atoms with E-state index in [0.717, 1.165) is 47.7 Å². The van der Waals surface area contributed by atoms with Crippen molar-refractivity contribution in [2.24, 2.45) is 5.92 Å². The first-order valence-corrected chi connectivity index (χ1v) is 8.32. The van der Waals surface area contributed by atoms with Gasteiger partial charge in [0.05, 0.1) is 23.4 Å². The summed E-state index contributed by atoms with van der Waals surface area (Å²) in [6.45, 7) is 4.72. The Morgan fingerprint density at radius 2 is 2.30 bits per heavy atom. The second-order valence-electron chi connectivity index (χ2n) is 5.60. The molecule has 5 heteroatoms. The molecule has 2 rings (SSSR count). The minimum atomic E-state index is -0.305. The van der Waals surface area contributed by atoms with Crippen LogP contribution >= 0.6 is 11.3 Å². The number of amides is 1. The van der Waals surface area contributed by atoms with E-state index in [0.29, 0.717) is 13.0 Å². The van der Waals surface area contributed by atoms with Gasteiger partial charge in [0.2, 0.25) is 5.91 Å². The van der Waals surface area contributed by atoms with Crippen LogP contribution in [-0.4, -0.2) is 22.1 Å². The number of aromatic nitrogens is 1. The number of aryl methyl sites for hydroxylation is 2. The molecule has 2 atom stereocenters. The summed E-state index contributed by atoms with van der Waals surface area (Å²) >= 11 is 1.70. The van der Waals surface area contributed by atoms with Crippen molar-refractivity contribution in [1.29, 1.82) is 0 Å². The lowest BCUT2D eigenvalue weighted by Crippen LogP contribution is -2.34. The first kappa shape index (κ1) is 15.4. The van der Waals surface area contributed by atoms with Crippen LogP contribution in [0.3, 0.4) is 0 Å². The molecule has 1 fully saturated rings. The molecule has 0 spiro atoms. The fourth-order valence-corrected chi connectivity index (χ4v) is 3.80. The van der Waals surface area contributed by atoms with Crippen LogP contribution in [0.2, 0.25) is 0 Å². The molecule has 1 aromatic heterocycles. The maximum absolute atomic E-state index is 12.1. The van der Waals surface area contributed by atoms with E-state index in [2.05, 4.69) is 17.2 Å². The second kappa shape index (κ2) is 7.18. The van der Waals surface area contributed by atoms with Gasteiger partial charge in [0.1, 0.15) is 0 Å².